The molecule has 0 spiro atoms. The normalized spacial score (nSPS) is 21.9. The van der Waals surface area contributed by atoms with Crippen LogP contribution in [-0.2, 0) is 0 Å². The number of β-amino-alcohol motifs (C(OH)–C–C–N with tert-alkyl or cyclic N) is 1. The summed E-state index contributed by atoms with van der Waals surface area (Å²) in [5.74, 6) is -0.526. The molecule has 0 aliphatic carbocycles. The van der Waals surface area contributed by atoms with E-state index in [0.29, 0.717) is 18.8 Å². The molecule has 2 heterocycles. The molecule has 1 aromatic rings. The highest BCUT2D eigenvalue weighted by atomic mass is 19.1. The molecule has 1 amide bonds. The summed E-state index contributed by atoms with van der Waals surface area (Å²) in [5.41, 5.74) is 0.190. The fourth-order valence-electron chi connectivity index (χ4n) is 2.69. The van der Waals surface area contributed by atoms with Crippen LogP contribution in [0.2, 0.25) is 0 Å². The van der Waals surface area contributed by atoms with Gasteiger partial charge in [-0.25, -0.2) is 9.37 Å². The summed E-state index contributed by atoms with van der Waals surface area (Å²) in [7, 11) is 5.46. The smallest absolute Gasteiger partial charge is 0.258 e. The Morgan fingerprint density at radius 3 is 2.95 bits per heavy atom. The van der Waals surface area contributed by atoms with Crippen LogP contribution in [0.1, 0.15) is 16.8 Å². The molecule has 0 aromatic carbocycles. The number of amides is 1. The van der Waals surface area contributed by atoms with Gasteiger partial charge in [0.25, 0.3) is 5.91 Å². The average Bonchev–Trinajstić information content (AvgIpc) is 2.77. The molecule has 1 aliphatic heterocycles. The highest BCUT2D eigenvalue weighted by Crippen LogP contribution is 2.24. The van der Waals surface area contributed by atoms with Crippen LogP contribution in [0.4, 0.5) is 10.2 Å². The monoisotopic (exact) mass is 296 g/mol. The molecule has 0 saturated carbocycles. The molecule has 116 valence electrons. The van der Waals surface area contributed by atoms with Gasteiger partial charge in [-0.2, -0.15) is 0 Å². The second-order valence-electron chi connectivity index (χ2n) is 5.56. The summed E-state index contributed by atoms with van der Waals surface area (Å²) in [4.78, 5) is 20.1. The predicted molar refractivity (Wildman–Crippen MR) is 77.7 cm³/mol. The number of likely N-dealkylation sites (N-methyl/N-ethyl adjacent to an activating group) is 1. The number of halogens is 1. The molecule has 1 saturated heterocycles. The van der Waals surface area contributed by atoms with Crippen LogP contribution >= 0.6 is 0 Å². The topological polar surface area (TPSA) is 68.7 Å². The van der Waals surface area contributed by atoms with E-state index in [-0.39, 0.29) is 24.1 Å². The quantitative estimate of drug-likeness (QED) is 0.842. The van der Waals surface area contributed by atoms with Gasteiger partial charge in [-0.3, -0.25) is 4.79 Å². The fourth-order valence-corrected chi connectivity index (χ4v) is 2.69. The largest absolute Gasteiger partial charge is 0.391 e. The zero-order valence-corrected chi connectivity index (χ0v) is 12.5. The lowest BCUT2D eigenvalue weighted by Crippen LogP contribution is -2.41. The van der Waals surface area contributed by atoms with Gasteiger partial charge in [0.05, 0.1) is 17.9 Å². The maximum absolute atomic E-state index is 13.4. The number of anilines is 1. The van der Waals surface area contributed by atoms with Gasteiger partial charge in [0.15, 0.2) is 0 Å². The highest BCUT2D eigenvalue weighted by molar-refractivity contribution is 5.99. The Morgan fingerprint density at radius 2 is 2.33 bits per heavy atom. The van der Waals surface area contributed by atoms with Crippen molar-refractivity contribution in [3.63, 3.8) is 0 Å². The van der Waals surface area contributed by atoms with Gasteiger partial charge in [0.1, 0.15) is 11.6 Å². The molecule has 6 nitrogen and oxygen atoms in total. The number of hydrogen-bond acceptors (Lipinski definition) is 5. The van der Waals surface area contributed by atoms with Crippen molar-refractivity contribution < 1.29 is 14.3 Å². The Morgan fingerprint density at radius 1 is 1.62 bits per heavy atom. The molecule has 7 heteroatoms. The summed E-state index contributed by atoms with van der Waals surface area (Å²) in [6.45, 7) is 0.914. The van der Waals surface area contributed by atoms with Crippen molar-refractivity contribution >= 4 is 11.7 Å². The number of likely N-dealkylation sites (tertiary alicyclic amines) is 1. The zero-order valence-electron chi connectivity index (χ0n) is 12.5. The number of carbonyl (C=O) groups excluding carboxylic acids is 1. The van der Waals surface area contributed by atoms with E-state index < -0.39 is 11.9 Å². The van der Waals surface area contributed by atoms with E-state index >= 15 is 0 Å². The standard InChI is InChI=1S/C14H21FN4O2/c1-16-13-12(4-9(15)6-17-13)14(21)19-8-11(20)5-10(19)7-18(2)3/h4,6,10-11,20H,5,7-8H2,1-3H3,(H,16,17). The van der Waals surface area contributed by atoms with Crippen LogP contribution in [0.15, 0.2) is 12.3 Å². The van der Waals surface area contributed by atoms with E-state index in [1.807, 2.05) is 19.0 Å². The molecule has 1 aliphatic rings. The van der Waals surface area contributed by atoms with Gasteiger partial charge in [0, 0.05) is 26.2 Å². The van der Waals surface area contributed by atoms with Gasteiger partial charge in [-0.05, 0) is 26.6 Å². The van der Waals surface area contributed by atoms with Crippen molar-refractivity contribution in [2.45, 2.75) is 18.6 Å². The third kappa shape index (κ3) is 3.48. The predicted octanol–water partition coefficient (Wildman–Crippen LogP) is 0.399. The van der Waals surface area contributed by atoms with Crippen LogP contribution in [-0.4, -0.2) is 72.2 Å². The zero-order chi connectivity index (χ0) is 15.6. The lowest BCUT2D eigenvalue weighted by atomic mass is 10.1. The molecule has 1 aromatic heterocycles. The highest BCUT2D eigenvalue weighted by Gasteiger charge is 2.35. The number of carbonyl (C=O) groups is 1. The molecule has 2 rings (SSSR count). The van der Waals surface area contributed by atoms with Gasteiger partial charge < -0.3 is 20.2 Å². The Hall–Kier alpha value is -1.73. The summed E-state index contributed by atoms with van der Waals surface area (Å²) in [6, 6.07) is 1.09. The average molecular weight is 296 g/mol. The number of aliphatic hydroxyl groups excluding tert-OH is 1. The number of hydrogen-bond donors (Lipinski definition) is 2. The lowest BCUT2D eigenvalue weighted by molar-refractivity contribution is 0.0699. The van der Waals surface area contributed by atoms with Crippen molar-refractivity contribution in [2.24, 2.45) is 0 Å². The van der Waals surface area contributed by atoms with Crippen molar-refractivity contribution in [2.75, 3.05) is 39.5 Å². The fraction of sp³-hybridized carbons (Fsp3) is 0.571. The molecule has 0 bridgehead atoms. The first-order chi connectivity index (χ1) is 9.92. The lowest BCUT2D eigenvalue weighted by Gasteiger charge is -2.27. The summed E-state index contributed by atoms with van der Waals surface area (Å²) >= 11 is 0. The van der Waals surface area contributed by atoms with Gasteiger partial charge in [0.2, 0.25) is 0 Å². The number of aromatic nitrogens is 1. The van der Waals surface area contributed by atoms with Gasteiger partial charge >= 0.3 is 0 Å². The van der Waals surface area contributed by atoms with Crippen LogP contribution in [0, 0.1) is 5.82 Å². The minimum absolute atomic E-state index is 0.0875. The molecule has 2 N–H and O–H groups in total. The Labute approximate surface area is 123 Å². The van der Waals surface area contributed by atoms with E-state index in [2.05, 4.69) is 10.3 Å². The molecular formula is C14H21FN4O2. The number of nitrogens with one attached hydrogen (secondary N) is 1. The first-order valence-electron chi connectivity index (χ1n) is 6.89. The van der Waals surface area contributed by atoms with Crippen LogP contribution in [0.5, 0.6) is 0 Å². The van der Waals surface area contributed by atoms with Gasteiger partial charge in [-0.1, -0.05) is 0 Å². The molecule has 2 unspecified atom stereocenters. The molecule has 21 heavy (non-hydrogen) atoms. The minimum Gasteiger partial charge on any atom is -0.391 e. The minimum atomic E-state index is -0.554. The molecule has 0 radical (unpaired) electrons. The second-order valence-corrected chi connectivity index (χ2v) is 5.56. The van der Waals surface area contributed by atoms with Crippen molar-refractivity contribution in [1.82, 2.24) is 14.8 Å². The maximum Gasteiger partial charge on any atom is 0.258 e. The maximum atomic E-state index is 13.4. The van der Waals surface area contributed by atoms with E-state index in [9.17, 15) is 14.3 Å². The van der Waals surface area contributed by atoms with E-state index in [0.717, 1.165) is 6.20 Å². The first-order valence-corrected chi connectivity index (χ1v) is 6.89. The van der Waals surface area contributed by atoms with Crippen molar-refractivity contribution in [3.05, 3.63) is 23.6 Å². The molecule has 1 fully saturated rings. The SMILES string of the molecule is CNc1ncc(F)cc1C(=O)N1CC(O)CC1CN(C)C. The van der Waals surface area contributed by atoms with E-state index in [4.69, 9.17) is 0 Å². The van der Waals surface area contributed by atoms with Gasteiger partial charge in [-0.15, -0.1) is 0 Å². The number of pyridine rings is 1. The number of nitrogens with zero attached hydrogens (tertiary/aromatic N) is 3. The Bertz CT molecular complexity index is 524. The molecular weight excluding hydrogens is 275 g/mol. The Balaban J connectivity index is 2.27. The first kappa shape index (κ1) is 15.7. The summed E-state index contributed by atoms with van der Waals surface area (Å²) in [5, 5.41) is 12.6. The van der Waals surface area contributed by atoms with Crippen LogP contribution in [0.25, 0.3) is 0 Å². The second kappa shape index (κ2) is 6.36. The van der Waals surface area contributed by atoms with E-state index in [1.54, 1.807) is 11.9 Å². The third-order valence-electron chi connectivity index (χ3n) is 3.55. The van der Waals surface area contributed by atoms with Crippen molar-refractivity contribution in [3.8, 4) is 0 Å². The van der Waals surface area contributed by atoms with Crippen molar-refractivity contribution in [1.29, 1.82) is 0 Å². The Kier molecular flexibility index (Phi) is 4.74. The number of aliphatic hydroxyl groups is 1. The van der Waals surface area contributed by atoms with Crippen LogP contribution < -0.4 is 5.32 Å². The van der Waals surface area contributed by atoms with Crippen LogP contribution in [0.3, 0.4) is 0 Å². The summed E-state index contributed by atoms with van der Waals surface area (Å²) in [6.07, 6.45) is 1.05. The summed E-state index contributed by atoms with van der Waals surface area (Å²) < 4.78 is 13.4. The number of rotatable bonds is 4. The molecule has 2 atom stereocenters. The third-order valence-corrected chi connectivity index (χ3v) is 3.55. The van der Waals surface area contributed by atoms with E-state index in [1.165, 1.54) is 6.07 Å².